The van der Waals surface area contributed by atoms with Gasteiger partial charge in [-0.1, -0.05) is 61.3 Å². The molecule has 0 aromatic carbocycles. The maximum atomic E-state index is 3.82. The molecule has 0 atom stereocenters. The lowest BCUT2D eigenvalue weighted by Crippen LogP contribution is -1.82. The average Bonchev–Trinajstić information content (AvgIpc) is 2.19. The number of allylic oxidation sites excluding steroid dienone is 10. The minimum Gasteiger partial charge on any atom is -0.0990 e. The first-order chi connectivity index (χ1) is 7.15. The highest BCUT2D eigenvalue weighted by atomic mass is 14.0. The third-order valence-corrected chi connectivity index (χ3v) is 1.79. The van der Waals surface area contributed by atoms with Crippen LogP contribution in [-0.2, 0) is 0 Å². The van der Waals surface area contributed by atoms with Gasteiger partial charge in [-0.15, -0.1) is 0 Å². The van der Waals surface area contributed by atoms with Gasteiger partial charge in [-0.2, -0.15) is 0 Å². The first kappa shape index (κ1) is 13.4. The summed E-state index contributed by atoms with van der Waals surface area (Å²) in [5.74, 6) is 0. The average molecular weight is 200 g/mol. The van der Waals surface area contributed by atoms with E-state index in [0.29, 0.717) is 0 Å². The Hall–Kier alpha value is -1.56. The third kappa shape index (κ3) is 5.69. The zero-order valence-corrected chi connectivity index (χ0v) is 9.96. The molecule has 0 fully saturated rings. The van der Waals surface area contributed by atoms with Gasteiger partial charge in [0.1, 0.15) is 0 Å². The summed E-state index contributed by atoms with van der Waals surface area (Å²) in [6.45, 7) is 13.7. The molecule has 0 bridgehead atoms. The van der Waals surface area contributed by atoms with E-state index in [0.717, 1.165) is 11.1 Å². The Bertz CT molecular complexity index is 329. The Morgan fingerprint density at radius 1 is 0.933 bits per heavy atom. The fourth-order valence-corrected chi connectivity index (χ4v) is 1.09. The van der Waals surface area contributed by atoms with E-state index in [2.05, 4.69) is 39.2 Å². The summed E-state index contributed by atoms with van der Waals surface area (Å²) < 4.78 is 0. The first-order valence-corrected chi connectivity index (χ1v) is 5.09. The highest BCUT2D eigenvalue weighted by Crippen LogP contribution is 2.13. The fraction of sp³-hybridized carbons (Fsp3) is 0.200. The second-order valence-corrected chi connectivity index (χ2v) is 3.43. The highest BCUT2D eigenvalue weighted by Gasteiger charge is 1.94. The quantitative estimate of drug-likeness (QED) is 0.562. The molecular formula is C15H20. The summed E-state index contributed by atoms with van der Waals surface area (Å²) in [5.41, 5.74) is 3.50. The van der Waals surface area contributed by atoms with Crippen LogP contribution < -0.4 is 0 Å². The second-order valence-electron chi connectivity index (χ2n) is 3.43. The van der Waals surface area contributed by atoms with Crippen molar-refractivity contribution in [2.75, 3.05) is 0 Å². The van der Waals surface area contributed by atoms with Crippen LogP contribution in [0, 0.1) is 0 Å². The van der Waals surface area contributed by atoms with E-state index in [1.54, 1.807) is 6.08 Å². The molecule has 0 heterocycles. The summed E-state index contributed by atoms with van der Waals surface area (Å²) in [5, 5.41) is 0. The van der Waals surface area contributed by atoms with Crippen molar-refractivity contribution in [3.05, 3.63) is 72.4 Å². The zero-order chi connectivity index (χ0) is 11.7. The normalized spacial score (nSPS) is 12.7. The lowest BCUT2D eigenvalue weighted by atomic mass is 10.0. The fourth-order valence-electron chi connectivity index (χ4n) is 1.09. The van der Waals surface area contributed by atoms with E-state index in [4.69, 9.17) is 0 Å². The van der Waals surface area contributed by atoms with E-state index in [-0.39, 0.29) is 0 Å². The molecule has 0 radical (unpaired) electrons. The zero-order valence-electron chi connectivity index (χ0n) is 9.96. The minimum absolute atomic E-state index is 1.11. The van der Waals surface area contributed by atoms with Gasteiger partial charge in [0.25, 0.3) is 0 Å². The molecule has 0 heteroatoms. The van der Waals surface area contributed by atoms with Gasteiger partial charge in [-0.3, -0.25) is 0 Å². The molecule has 0 saturated heterocycles. The molecule has 0 unspecified atom stereocenters. The molecule has 0 saturated carbocycles. The number of hydrogen-bond donors (Lipinski definition) is 0. The van der Waals surface area contributed by atoms with E-state index in [9.17, 15) is 0 Å². The van der Waals surface area contributed by atoms with Gasteiger partial charge < -0.3 is 0 Å². The molecule has 0 spiro atoms. The number of hydrogen-bond acceptors (Lipinski definition) is 0. The standard InChI is InChI=1S/C15H20/c1-6-9-15(10-7-2)14(8-3)12-11-13(4)5/h6-12H,1,3H2,2,4-5H3/b10-7-,14-12+,15-9+. The Morgan fingerprint density at radius 3 is 2.00 bits per heavy atom. The first-order valence-electron chi connectivity index (χ1n) is 5.09. The van der Waals surface area contributed by atoms with Gasteiger partial charge in [-0.05, 0) is 31.9 Å². The maximum Gasteiger partial charge on any atom is -0.0188 e. The van der Waals surface area contributed by atoms with Crippen LogP contribution in [0.15, 0.2) is 72.4 Å². The van der Waals surface area contributed by atoms with Gasteiger partial charge >= 0.3 is 0 Å². The molecule has 0 nitrogen and oxygen atoms in total. The largest absolute Gasteiger partial charge is 0.0990 e. The van der Waals surface area contributed by atoms with Crippen molar-refractivity contribution in [1.82, 2.24) is 0 Å². The van der Waals surface area contributed by atoms with Crippen molar-refractivity contribution >= 4 is 0 Å². The van der Waals surface area contributed by atoms with Crippen LogP contribution >= 0.6 is 0 Å². The Labute approximate surface area is 93.7 Å². The maximum absolute atomic E-state index is 3.82. The van der Waals surface area contributed by atoms with Crippen LogP contribution in [0.4, 0.5) is 0 Å². The summed E-state index contributed by atoms with van der Waals surface area (Å²) in [7, 11) is 0. The predicted octanol–water partition coefficient (Wildman–Crippen LogP) is 4.75. The molecule has 80 valence electrons. The Kier molecular flexibility index (Phi) is 7.00. The monoisotopic (exact) mass is 200 g/mol. The Balaban J connectivity index is 5.16. The van der Waals surface area contributed by atoms with Gasteiger partial charge in [-0.25, -0.2) is 0 Å². The van der Waals surface area contributed by atoms with Gasteiger partial charge in [0.05, 0.1) is 0 Å². The summed E-state index contributed by atoms with van der Waals surface area (Å²) in [6, 6.07) is 0. The molecule has 0 rings (SSSR count). The summed E-state index contributed by atoms with van der Waals surface area (Å²) in [4.78, 5) is 0. The third-order valence-electron chi connectivity index (χ3n) is 1.79. The van der Waals surface area contributed by atoms with E-state index >= 15 is 0 Å². The topological polar surface area (TPSA) is 0 Å². The molecule has 0 amide bonds. The van der Waals surface area contributed by atoms with Crippen LogP contribution in [0.2, 0.25) is 0 Å². The van der Waals surface area contributed by atoms with Crippen LogP contribution in [-0.4, -0.2) is 0 Å². The highest BCUT2D eigenvalue weighted by molar-refractivity contribution is 5.48. The van der Waals surface area contributed by atoms with Crippen LogP contribution in [0.25, 0.3) is 0 Å². The lowest BCUT2D eigenvalue weighted by molar-refractivity contribution is 1.38. The van der Waals surface area contributed by atoms with Crippen LogP contribution in [0.3, 0.4) is 0 Å². The van der Waals surface area contributed by atoms with Crippen LogP contribution in [0.5, 0.6) is 0 Å². The Morgan fingerprint density at radius 2 is 1.60 bits per heavy atom. The van der Waals surface area contributed by atoms with Crippen molar-refractivity contribution in [1.29, 1.82) is 0 Å². The summed E-state index contributed by atoms with van der Waals surface area (Å²) >= 11 is 0. The van der Waals surface area contributed by atoms with Crippen molar-refractivity contribution in [2.24, 2.45) is 0 Å². The second kappa shape index (κ2) is 7.81. The molecule has 0 aromatic heterocycles. The molecule has 0 N–H and O–H groups in total. The van der Waals surface area contributed by atoms with Gasteiger partial charge in [0.15, 0.2) is 0 Å². The smallest absolute Gasteiger partial charge is 0.0188 e. The van der Waals surface area contributed by atoms with Gasteiger partial charge in [0, 0.05) is 0 Å². The molecule has 0 aliphatic rings. The van der Waals surface area contributed by atoms with Gasteiger partial charge in [0.2, 0.25) is 0 Å². The van der Waals surface area contributed by atoms with Crippen molar-refractivity contribution in [2.45, 2.75) is 20.8 Å². The SMILES string of the molecule is C=C/C=C(\C=C/C)C(/C=C)=C/C=C(C)C. The van der Waals surface area contributed by atoms with E-state index in [1.165, 1.54) is 5.57 Å². The van der Waals surface area contributed by atoms with Crippen molar-refractivity contribution in [3.63, 3.8) is 0 Å². The minimum atomic E-state index is 1.11. The molecule has 0 aromatic rings. The molecule has 0 aliphatic heterocycles. The number of rotatable bonds is 5. The summed E-state index contributed by atoms with van der Waals surface area (Å²) in [6.07, 6.45) is 13.8. The molecule has 0 aliphatic carbocycles. The van der Waals surface area contributed by atoms with Crippen molar-refractivity contribution < 1.29 is 0 Å². The molecular weight excluding hydrogens is 180 g/mol. The predicted molar refractivity (Wildman–Crippen MR) is 70.8 cm³/mol. The van der Waals surface area contributed by atoms with Crippen molar-refractivity contribution in [3.8, 4) is 0 Å². The van der Waals surface area contributed by atoms with Crippen LogP contribution in [0.1, 0.15) is 20.8 Å². The van der Waals surface area contributed by atoms with E-state index in [1.807, 2.05) is 31.2 Å². The lowest BCUT2D eigenvalue weighted by Gasteiger charge is -2.01. The molecule has 15 heavy (non-hydrogen) atoms. The van der Waals surface area contributed by atoms with E-state index < -0.39 is 0 Å².